The van der Waals surface area contributed by atoms with Gasteiger partial charge in [0.1, 0.15) is 0 Å². The van der Waals surface area contributed by atoms with E-state index in [1.54, 1.807) is 0 Å². The summed E-state index contributed by atoms with van der Waals surface area (Å²) < 4.78 is 5.82. The van der Waals surface area contributed by atoms with Crippen molar-refractivity contribution in [2.75, 3.05) is 40.8 Å². The Hall–Kier alpha value is -0.860. The molecule has 142 valence electrons. The van der Waals surface area contributed by atoms with E-state index in [0.717, 1.165) is 44.9 Å². The predicted molar refractivity (Wildman–Crippen MR) is 116 cm³/mol. The van der Waals surface area contributed by atoms with Gasteiger partial charge in [0.15, 0.2) is 5.96 Å². The molecule has 6 heteroatoms. The Bertz CT molecular complexity index is 515. The minimum atomic E-state index is -0.0669. The third-order valence-electron chi connectivity index (χ3n) is 4.70. The van der Waals surface area contributed by atoms with E-state index in [4.69, 9.17) is 4.74 Å². The number of hydrogen-bond acceptors (Lipinski definition) is 3. The second-order valence-electron chi connectivity index (χ2n) is 7.02. The Labute approximate surface area is 169 Å². The zero-order valence-electron chi connectivity index (χ0n) is 15.9. The fraction of sp³-hybridized carbons (Fsp3) is 0.632. The summed E-state index contributed by atoms with van der Waals surface area (Å²) in [7, 11) is 6.06. The first-order valence-electron chi connectivity index (χ1n) is 8.81. The lowest BCUT2D eigenvalue weighted by Gasteiger charge is -2.27. The van der Waals surface area contributed by atoms with Gasteiger partial charge in [0.05, 0.1) is 5.60 Å². The quantitative estimate of drug-likeness (QED) is 0.373. The van der Waals surface area contributed by atoms with Crippen LogP contribution in [0.25, 0.3) is 0 Å². The first-order valence-corrected chi connectivity index (χ1v) is 8.81. The topological polar surface area (TPSA) is 48.9 Å². The first-order chi connectivity index (χ1) is 11.5. The number of ether oxygens (including phenoxy) is 1. The van der Waals surface area contributed by atoms with Crippen molar-refractivity contribution in [2.24, 2.45) is 4.99 Å². The molecule has 0 spiro atoms. The molecule has 0 aromatic heterocycles. The molecule has 0 saturated carbocycles. The van der Waals surface area contributed by atoms with Crippen molar-refractivity contribution in [3.05, 3.63) is 35.9 Å². The number of guanidine groups is 1. The van der Waals surface area contributed by atoms with Crippen molar-refractivity contribution in [2.45, 2.75) is 37.8 Å². The highest BCUT2D eigenvalue weighted by molar-refractivity contribution is 14.0. The Morgan fingerprint density at radius 1 is 1.28 bits per heavy atom. The van der Waals surface area contributed by atoms with Crippen LogP contribution in [-0.4, -0.2) is 63.3 Å². The molecule has 0 radical (unpaired) electrons. The number of rotatable bonds is 7. The van der Waals surface area contributed by atoms with E-state index in [2.05, 4.69) is 71.9 Å². The van der Waals surface area contributed by atoms with Crippen LogP contribution in [0.5, 0.6) is 0 Å². The van der Waals surface area contributed by atoms with Crippen LogP contribution < -0.4 is 10.6 Å². The molecular formula is C19H33IN4O. The van der Waals surface area contributed by atoms with Gasteiger partial charge in [-0.3, -0.25) is 4.99 Å². The Morgan fingerprint density at radius 2 is 2.00 bits per heavy atom. The van der Waals surface area contributed by atoms with Gasteiger partial charge in [0.25, 0.3) is 0 Å². The number of nitrogens with one attached hydrogen (secondary N) is 2. The van der Waals surface area contributed by atoms with E-state index in [1.807, 2.05) is 7.05 Å². The normalized spacial score (nSPS) is 21.7. The smallest absolute Gasteiger partial charge is 0.191 e. The van der Waals surface area contributed by atoms with E-state index in [0.29, 0.717) is 6.04 Å². The van der Waals surface area contributed by atoms with Crippen LogP contribution in [0.3, 0.4) is 0 Å². The molecule has 1 aliphatic rings. The fourth-order valence-electron chi connectivity index (χ4n) is 3.01. The molecule has 1 saturated heterocycles. The molecule has 5 nitrogen and oxygen atoms in total. The van der Waals surface area contributed by atoms with E-state index < -0.39 is 0 Å². The fourth-order valence-corrected chi connectivity index (χ4v) is 3.01. The third-order valence-corrected chi connectivity index (χ3v) is 4.70. The maximum absolute atomic E-state index is 5.82. The average molecular weight is 460 g/mol. The van der Waals surface area contributed by atoms with Crippen molar-refractivity contribution in [1.82, 2.24) is 15.5 Å². The largest absolute Gasteiger partial charge is 0.373 e. The van der Waals surface area contributed by atoms with Gasteiger partial charge >= 0.3 is 0 Å². The van der Waals surface area contributed by atoms with E-state index >= 15 is 0 Å². The predicted octanol–water partition coefficient (Wildman–Crippen LogP) is 2.51. The van der Waals surface area contributed by atoms with Crippen LogP contribution in [0.15, 0.2) is 35.3 Å². The van der Waals surface area contributed by atoms with Gasteiger partial charge in [0.2, 0.25) is 0 Å². The molecule has 0 aliphatic carbocycles. The van der Waals surface area contributed by atoms with Crippen molar-refractivity contribution >= 4 is 29.9 Å². The summed E-state index contributed by atoms with van der Waals surface area (Å²) in [4.78, 5) is 6.60. The van der Waals surface area contributed by atoms with E-state index in [1.165, 1.54) is 5.56 Å². The number of halogens is 1. The second kappa shape index (κ2) is 11.0. The molecule has 1 aromatic rings. The summed E-state index contributed by atoms with van der Waals surface area (Å²) in [6, 6.07) is 11.0. The third kappa shape index (κ3) is 7.50. The standard InChI is InChI=1S/C19H32N4O.HI/c1-19(11-8-12-24-19)15-22-18(20-2)21-14-17(23(3)4)13-16-9-6-5-7-10-16;/h5-7,9-10,17H,8,11-15H2,1-4H3,(H2,20,21,22);1H. The highest BCUT2D eigenvalue weighted by Crippen LogP contribution is 2.23. The molecule has 1 heterocycles. The van der Waals surface area contributed by atoms with E-state index in [-0.39, 0.29) is 29.6 Å². The van der Waals surface area contributed by atoms with Crippen molar-refractivity contribution in [1.29, 1.82) is 0 Å². The van der Waals surface area contributed by atoms with Crippen molar-refractivity contribution < 1.29 is 4.74 Å². The number of nitrogens with zero attached hydrogens (tertiary/aromatic N) is 2. The number of likely N-dealkylation sites (N-methyl/N-ethyl adjacent to an activating group) is 1. The monoisotopic (exact) mass is 460 g/mol. The molecule has 1 aliphatic heterocycles. The van der Waals surface area contributed by atoms with Gasteiger partial charge in [-0.05, 0) is 45.8 Å². The summed E-state index contributed by atoms with van der Waals surface area (Å²) in [5, 5.41) is 6.86. The van der Waals surface area contributed by atoms with E-state index in [9.17, 15) is 0 Å². The van der Waals surface area contributed by atoms with Gasteiger partial charge < -0.3 is 20.3 Å². The minimum absolute atomic E-state index is 0. The van der Waals surface area contributed by atoms with Crippen LogP contribution >= 0.6 is 24.0 Å². The zero-order chi connectivity index (χ0) is 17.4. The van der Waals surface area contributed by atoms with Gasteiger partial charge in [-0.1, -0.05) is 30.3 Å². The summed E-state index contributed by atoms with van der Waals surface area (Å²) >= 11 is 0. The van der Waals surface area contributed by atoms with Crippen LogP contribution in [-0.2, 0) is 11.2 Å². The molecule has 0 amide bonds. The minimum Gasteiger partial charge on any atom is -0.373 e. The molecule has 1 fully saturated rings. The summed E-state index contributed by atoms with van der Waals surface area (Å²) in [6.07, 6.45) is 3.26. The molecule has 1 aromatic carbocycles. The van der Waals surface area contributed by atoms with Gasteiger partial charge in [-0.2, -0.15) is 0 Å². The van der Waals surface area contributed by atoms with Crippen molar-refractivity contribution in [3.8, 4) is 0 Å². The summed E-state index contributed by atoms with van der Waals surface area (Å²) in [5.41, 5.74) is 1.29. The Morgan fingerprint density at radius 3 is 2.56 bits per heavy atom. The first kappa shape index (κ1) is 22.2. The van der Waals surface area contributed by atoms with Crippen LogP contribution in [0.1, 0.15) is 25.3 Å². The highest BCUT2D eigenvalue weighted by Gasteiger charge is 2.29. The molecule has 2 rings (SSSR count). The SMILES string of the molecule is CN=C(NCC(Cc1ccccc1)N(C)C)NCC1(C)CCCO1.I. The molecule has 0 bridgehead atoms. The lowest BCUT2D eigenvalue weighted by Crippen LogP contribution is -2.49. The zero-order valence-corrected chi connectivity index (χ0v) is 18.2. The summed E-state index contributed by atoms with van der Waals surface area (Å²) in [6.45, 7) is 4.67. The lowest BCUT2D eigenvalue weighted by atomic mass is 10.0. The molecule has 2 atom stereocenters. The maximum Gasteiger partial charge on any atom is 0.191 e. The number of hydrogen-bond donors (Lipinski definition) is 2. The number of benzene rings is 1. The lowest BCUT2D eigenvalue weighted by molar-refractivity contribution is 0.0242. The highest BCUT2D eigenvalue weighted by atomic mass is 127. The van der Waals surface area contributed by atoms with Crippen LogP contribution in [0.4, 0.5) is 0 Å². The molecule has 2 N–H and O–H groups in total. The molecular weight excluding hydrogens is 427 g/mol. The second-order valence-corrected chi connectivity index (χ2v) is 7.02. The van der Waals surface area contributed by atoms with Gasteiger partial charge in [-0.15, -0.1) is 24.0 Å². The van der Waals surface area contributed by atoms with Gasteiger partial charge in [0, 0.05) is 32.8 Å². The van der Waals surface area contributed by atoms with Gasteiger partial charge in [-0.25, -0.2) is 0 Å². The van der Waals surface area contributed by atoms with Crippen LogP contribution in [0.2, 0.25) is 0 Å². The number of aliphatic imine (C=N–C) groups is 1. The molecule has 25 heavy (non-hydrogen) atoms. The van der Waals surface area contributed by atoms with Crippen molar-refractivity contribution in [3.63, 3.8) is 0 Å². The summed E-state index contributed by atoms with van der Waals surface area (Å²) in [5.74, 6) is 0.839. The van der Waals surface area contributed by atoms with Crippen LogP contribution in [0, 0.1) is 0 Å². The average Bonchev–Trinajstić information content (AvgIpc) is 3.01. The Balaban J connectivity index is 0.00000312. The maximum atomic E-state index is 5.82. The molecule has 2 unspecified atom stereocenters. The Kier molecular flexibility index (Phi) is 9.74.